The van der Waals surface area contributed by atoms with E-state index < -0.39 is 0 Å². The molecule has 0 bridgehead atoms. The molecule has 1 unspecified atom stereocenters. The first-order valence-corrected chi connectivity index (χ1v) is 8.54. The molecule has 1 fully saturated rings. The van der Waals surface area contributed by atoms with Crippen molar-refractivity contribution in [2.45, 2.75) is 65.7 Å². The topological polar surface area (TPSA) is 0 Å². The molecule has 2 heteroatoms. The van der Waals surface area contributed by atoms with E-state index in [-0.39, 0.29) is 17.0 Å². The maximum atomic E-state index is 3.99. The predicted molar refractivity (Wildman–Crippen MR) is 86.2 cm³/mol. The van der Waals surface area contributed by atoms with E-state index in [1.807, 2.05) is 0 Å². The molecule has 0 aromatic carbocycles. The lowest BCUT2D eigenvalue weighted by Crippen LogP contribution is -3.00. The second kappa shape index (κ2) is 10.8. The molecule has 0 radical (unpaired) electrons. The van der Waals surface area contributed by atoms with Crippen LogP contribution in [-0.2, 0) is 0 Å². The number of halogens is 1. The molecule has 1 rings (SSSR count). The second-order valence-electron chi connectivity index (χ2n) is 7.29. The Labute approximate surface area is 138 Å². The van der Waals surface area contributed by atoms with Gasteiger partial charge < -0.3 is 21.5 Å². The highest BCUT2D eigenvalue weighted by molar-refractivity contribution is 4.69. The molecule has 0 aromatic heterocycles. The van der Waals surface area contributed by atoms with E-state index in [9.17, 15) is 0 Å². The lowest BCUT2D eigenvalue weighted by molar-refractivity contribution is -0.930. The molecular weight excluding hydrogens is 310 g/mol. The highest BCUT2D eigenvalue weighted by Crippen LogP contribution is 2.23. The van der Waals surface area contributed by atoms with Crippen LogP contribution in [-0.4, -0.2) is 30.7 Å². The number of hydrogen-bond donors (Lipinski definition) is 0. The smallest absolute Gasteiger partial charge is 0.0971 e. The summed E-state index contributed by atoms with van der Waals surface area (Å²) in [4.78, 5) is 0. The largest absolute Gasteiger partial charge is 1.00 e. The van der Waals surface area contributed by atoms with Crippen LogP contribution in [0, 0.1) is 11.8 Å². The normalized spacial score (nSPS) is 19.4. The molecule has 0 aliphatic carbocycles. The van der Waals surface area contributed by atoms with Gasteiger partial charge in [0.1, 0.15) is 0 Å². The van der Waals surface area contributed by atoms with Crippen molar-refractivity contribution in [1.82, 2.24) is 0 Å². The molecule has 0 N–H and O–H groups in total. The first kappa shape index (κ1) is 20.2. The van der Waals surface area contributed by atoms with E-state index in [2.05, 4.69) is 33.4 Å². The van der Waals surface area contributed by atoms with Crippen molar-refractivity contribution in [3.05, 3.63) is 12.7 Å². The summed E-state index contributed by atoms with van der Waals surface area (Å²) in [5.41, 5.74) is 0. The van der Waals surface area contributed by atoms with Gasteiger partial charge in [0, 0.05) is 5.92 Å². The van der Waals surface area contributed by atoms with Crippen molar-refractivity contribution in [2.75, 3.05) is 26.2 Å². The Hall–Kier alpha value is 0.180. The Morgan fingerprint density at radius 1 is 1.00 bits per heavy atom. The summed E-state index contributed by atoms with van der Waals surface area (Å²) in [6, 6.07) is 0. The van der Waals surface area contributed by atoms with Gasteiger partial charge in [0.15, 0.2) is 0 Å². The number of piperidine rings is 1. The fourth-order valence-corrected chi connectivity index (χ4v) is 3.69. The van der Waals surface area contributed by atoms with Crippen LogP contribution in [0.4, 0.5) is 0 Å². The van der Waals surface area contributed by atoms with Crippen molar-refractivity contribution < 1.29 is 21.5 Å². The summed E-state index contributed by atoms with van der Waals surface area (Å²) in [5, 5.41) is 0. The Morgan fingerprint density at radius 3 is 2.15 bits per heavy atom. The zero-order chi connectivity index (χ0) is 14.1. The van der Waals surface area contributed by atoms with Gasteiger partial charge in [-0.1, -0.05) is 46.6 Å². The summed E-state index contributed by atoms with van der Waals surface area (Å²) in [6.45, 7) is 16.5. The fraction of sp³-hybridized carbons (Fsp3) is 0.889. The van der Waals surface area contributed by atoms with Crippen LogP contribution >= 0.6 is 0 Å². The second-order valence-corrected chi connectivity index (χ2v) is 7.29. The number of unbranched alkanes of at least 4 members (excludes halogenated alkanes) is 1. The van der Waals surface area contributed by atoms with E-state index in [0.29, 0.717) is 0 Å². The summed E-state index contributed by atoms with van der Waals surface area (Å²) in [7, 11) is 0. The van der Waals surface area contributed by atoms with Gasteiger partial charge in [-0.15, -0.1) is 0 Å². The molecule has 0 amide bonds. The van der Waals surface area contributed by atoms with Crippen LogP contribution in [0.5, 0.6) is 0 Å². The van der Waals surface area contributed by atoms with Crippen molar-refractivity contribution in [3.8, 4) is 0 Å². The number of hydrogen-bond acceptors (Lipinski definition) is 0. The number of quaternary nitrogens is 1. The van der Waals surface area contributed by atoms with Crippen LogP contribution in [0.3, 0.4) is 0 Å². The van der Waals surface area contributed by atoms with Gasteiger partial charge in [0.05, 0.1) is 26.2 Å². The molecule has 1 saturated heterocycles. The first-order chi connectivity index (χ1) is 9.08. The van der Waals surface area contributed by atoms with Gasteiger partial charge >= 0.3 is 0 Å². The third kappa shape index (κ3) is 7.83. The van der Waals surface area contributed by atoms with Gasteiger partial charge in [0.25, 0.3) is 0 Å². The van der Waals surface area contributed by atoms with Crippen molar-refractivity contribution in [1.29, 1.82) is 0 Å². The van der Waals surface area contributed by atoms with Gasteiger partial charge in [-0.2, -0.15) is 0 Å². The minimum absolute atomic E-state index is 0. The van der Waals surface area contributed by atoms with Crippen molar-refractivity contribution in [3.63, 3.8) is 0 Å². The summed E-state index contributed by atoms with van der Waals surface area (Å²) >= 11 is 0. The van der Waals surface area contributed by atoms with E-state index in [1.165, 1.54) is 75.6 Å². The highest BCUT2D eigenvalue weighted by atomic mass is 79.9. The Balaban J connectivity index is 0.00000361. The summed E-state index contributed by atoms with van der Waals surface area (Å²) in [5.74, 6) is 1.75. The molecule has 1 atom stereocenters. The van der Waals surface area contributed by atoms with Crippen LogP contribution < -0.4 is 17.0 Å². The van der Waals surface area contributed by atoms with Crippen molar-refractivity contribution >= 4 is 0 Å². The minimum atomic E-state index is 0. The fourth-order valence-electron chi connectivity index (χ4n) is 3.69. The van der Waals surface area contributed by atoms with Gasteiger partial charge in [-0.25, -0.2) is 0 Å². The number of likely N-dealkylation sites (tertiary alicyclic amines) is 1. The number of nitrogens with zero attached hydrogens (tertiary/aromatic N) is 1. The molecule has 1 aliphatic heterocycles. The minimum Gasteiger partial charge on any atom is -1.00 e. The average Bonchev–Trinajstić information content (AvgIpc) is 2.36. The molecule has 0 spiro atoms. The zero-order valence-electron chi connectivity index (χ0n) is 14.0. The van der Waals surface area contributed by atoms with E-state index >= 15 is 0 Å². The molecule has 20 heavy (non-hydrogen) atoms. The maximum Gasteiger partial charge on any atom is 0.0971 e. The summed E-state index contributed by atoms with van der Waals surface area (Å²) < 4.78 is 1.33. The molecule has 0 aromatic rings. The van der Waals surface area contributed by atoms with Gasteiger partial charge in [-0.05, 0) is 37.7 Å². The van der Waals surface area contributed by atoms with Crippen LogP contribution in [0.1, 0.15) is 65.7 Å². The molecule has 1 aliphatic rings. The predicted octanol–water partition coefficient (Wildman–Crippen LogP) is 2.03. The molecular formula is C18H36BrN. The standard InChI is InChI=1S/C18H36N.BrH/c1-5-13-19(14-9-6-10-15-19)16-18(4)12-8-7-11-17(2)3;/h5,17-18H,1,6-16H2,2-4H3;1H/q+1;/p-1. The van der Waals surface area contributed by atoms with E-state index in [1.54, 1.807) is 0 Å². The van der Waals surface area contributed by atoms with E-state index in [4.69, 9.17) is 0 Å². The lowest BCUT2D eigenvalue weighted by atomic mass is 9.97. The summed E-state index contributed by atoms with van der Waals surface area (Å²) in [6.07, 6.45) is 12.1. The molecule has 1 heterocycles. The molecule has 1 nitrogen and oxygen atoms in total. The van der Waals surface area contributed by atoms with Crippen LogP contribution in [0.2, 0.25) is 0 Å². The third-order valence-electron chi connectivity index (χ3n) is 4.71. The Kier molecular flexibility index (Phi) is 10.9. The van der Waals surface area contributed by atoms with Crippen LogP contribution in [0.25, 0.3) is 0 Å². The lowest BCUT2D eigenvalue weighted by Gasteiger charge is -2.42. The van der Waals surface area contributed by atoms with Crippen molar-refractivity contribution in [2.24, 2.45) is 11.8 Å². The monoisotopic (exact) mass is 345 g/mol. The van der Waals surface area contributed by atoms with E-state index in [0.717, 1.165) is 11.8 Å². The zero-order valence-corrected chi connectivity index (χ0v) is 15.6. The van der Waals surface area contributed by atoms with Crippen LogP contribution in [0.15, 0.2) is 12.7 Å². The maximum absolute atomic E-state index is 3.99. The highest BCUT2D eigenvalue weighted by Gasteiger charge is 2.30. The van der Waals surface area contributed by atoms with Gasteiger partial charge in [0.2, 0.25) is 0 Å². The SMILES string of the molecule is C=CC[N+]1(CC(C)CCCCC(C)C)CCCCC1.[Br-]. The van der Waals surface area contributed by atoms with Gasteiger partial charge in [-0.3, -0.25) is 0 Å². The average molecular weight is 346 g/mol. The number of rotatable bonds is 9. The Morgan fingerprint density at radius 2 is 1.60 bits per heavy atom. The third-order valence-corrected chi connectivity index (χ3v) is 4.71. The molecule has 0 saturated carbocycles. The quantitative estimate of drug-likeness (QED) is 0.340. The molecule has 120 valence electrons. The Bertz CT molecular complexity index is 244. The first-order valence-electron chi connectivity index (χ1n) is 8.54.